The van der Waals surface area contributed by atoms with E-state index in [1.807, 2.05) is 43.3 Å². The third kappa shape index (κ3) is 5.31. The summed E-state index contributed by atoms with van der Waals surface area (Å²) in [6.07, 6.45) is 1.79. The van der Waals surface area contributed by atoms with Gasteiger partial charge in [-0.15, -0.1) is 0 Å². The summed E-state index contributed by atoms with van der Waals surface area (Å²) in [7, 11) is 4.05. The standard InChI is InChI=1S/C16H27N3O/c1-4-10-19(12-11-18(2)3)16(20)15-7-5-6-14(13-15)8-9-17/h5-7,13H,4,8-12,17H2,1-3H3. The number of hydrogen-bond acceptors (Lipinski definition) is 3. The van der Waals surface area contributed by atoms with Gasteiger partial charge in [0.15, 0.2) is 0 Å². The second-order valence-corrected chi connectivity index (χ2v) is 5.33. The number of likely N-dealkylation sites (N-methyl/N-ethyl adjacent to an activating group) is 1. The molecule has 112 valence electrons. The lowest BCUT2D eigenvalue weighted by Gasteiger charge is -2.24. The fraction of sp³-hybridized carbons (Fsp3) is 0.562. The van der Waals surface area contributed by atoms with E-state index < -0.39 is 0 Å². The molecule has 20 heavy (non-hydrogen) atoms. The highest BCUT2D eigenvalue weighted by atomic mass is 16.2. The maximum absolute atomic E-state index is 12.6. The molecule has 0 atom stereocenters. The van der Waals surface area contributed by atoms with Crippen LogP contribution in [-0.2, 0) is 6.42 Å². The minimum Gasteiger partial charge on any atom is -0.337 e. The van der Waals surface area contributed by atoms with Gasteiger partial charge in [-0.2, -0.15) is 0 Å². The third-order valence-corrected chi connectivity index (χ3v) is 3.20. The quantitative estimate of drug-likeness (QED) is 0.785. The molecule has 1 aromatic rings. The first-order valence-corrected chi connectivity index (χ1v) is 7.31. The van der Waals surface area contributed by atoms with Crippen molar-refractivity contribution < 1.29 is 4.79 Å². The van der Waals surface area contributed by atoms with Crippen molar-refractivity contribution in [3.8, 4) is 0 Å². The molecule has 4 heteroatoms. The zero-order valence-corrected chi connectivity index (χ0v) is 12.9. The van der Waals surface area contributed by atoms with Gasteiger partial charge in [0.1, 0.15) is 0 Å². The molecule has 1 rings (SSSR count). The van der Waals surface area contributed by atoms with Crippen molar-refractivity contribution in [2.45, 2.75) is 19.8 Å². The maximum atomic E-state index is 12.6. The second kappa shape index (κ2) is 8.72. The van der Waals surface area contributed by atoms with E-state index in [2.05, 4.69) is 11.8 Å². The van der Waals surface area contributed by atoms with Crippen LogP contribution in [-0.4, -0.2) is 56.0 Å². The highest BCUT2D eigenvalue weighted by Gasteiger charge is 2.15. The van der Waals surface area contributed by atoms with E-state index in [-0.39, 0.29) is 5.91 Å². The topological polar surface area (TPSA) is 49.6 Å². The molecule has 0 aromatic heterocycles. The normalized spacial score (nSPS) is 10.8. The molecule has 1 aromatic carbocycles. The molecule has 0 spiro atoms. The van der Waals surface area contributed by atoms with Crippen molar-refractivity contribution in [2.75, 3.05) is 40.3 Å². The first-order valence-electron chi connectivity index (χ1n) is 7.31. The summed E-state index contributed by atoms with van der Waals surface area (Å²) in [5, 5.41) is 0. The molecular formula is C16H27N3O. The number of nitrogens with zero attached hydrogens (tertiary/aromatic N) is 2. The lowest BCUT2D eigenvalue weighted by atomic mass is 10.1. The smallest absolute Gasteiger partial charge is 0.253 e. The van der Waals surface area contributed by atoms with Gasteiger partial charge in [0.25, 0.3) is 5.91 Å². The van der Waals surface area contributed by atoms with E-state index in [4.69, 9.17) is 5.73 Å². The molecule has 0 aliphatic heterocycles. The van der Waals surface area contributed by atoms with Gasteiger partial charge in [-0.3, -0.25) is 4.79 Å². The van der Waals surface area contributed by atoms with E-state index in [9.17, 15) is 4.79 Å². The third-order valence-electron chi connectivity index (χ3n) is 3.20. The van der Waals surface area contributed by atoms with Crippen molar-refractivity contribution in [3.05, 3.63) is 35.4 Å². The Labute approximate surface area is 122 Å². The van der Waals surface area contributed by atoms with Gasteiger partial charge in [0.2, 0.25) is 0 Å². The molecule has 0 aliphatic carbocycles. The Morgan fingerprint density at radius 1 is 1.20 bits per heavy atom. The molecule has 2 N–H and O–H groups in total. The maximum Gasteiger partial charge on any atom is 0.253 e. The number of hydrogen-bond donors (Lipinski definition) is 1. The van der Waals surface area contributed by atoms with E-state index in [1.165, 1.54) is 0 Å². The van der Waals surface area contributed by atoms with Crippen LogP contribution >= 0.6 is 0 Å². The zero-order chi connectivity index (χ0) is 15.0. The van der Waals surface area contributed by atoms with Crippen LogP contribution in [0.25, 0.3) is 0 Å². The summed E-state index contributed by atoms with van der Waals surface area (Å²) in [6.45, 7) is 5.15. The number of rotatable bonds is 8. The van der Waals surface area contributed by atoms with Crippen molar-refractivity contribution >= 4 is 5.91 Å². The van der Waals surface area contributed by atoms with E-state index in [1.54, 1.807) is 0 Å². The van der Waals surface area contributed by atoms with Crippen molar-refractivity contribution in [1.82, 2.24) is 9.80 Å². The molecular weight excluding hydrogens is 250 g/mol. The average Bonchev–Trinajstić information content (AvgIpc) is 2.43. The average molecular weight is 277 g/mol. The molecule has 4 nitrogen and oxygen atoms in total. The minimum atomic E-state index is 0.118. The Morgan fingerprint density at radius 2 is 1.95 bits per heavy atom. The fourth-order valence-electron chi connectivity index (χ4n) is 2.11. The van der Waals surface area contributed by atoms with Crippen LogP contribution in [0.15, 0.2) is 24.3 Å². The summed E-state index contributed by atoms with van der Waals surface area (Å²) in [4.78, 5) is 16.6. The van der Waals surface area contributed by atoms with Crippen molar-refractivity contribution in [2.24, 2.45) is 5.73 Å². The Balaban J connectivity index is 2.79. The number of carbonyl (C=O) groups is 1. The molecule has 0 aliphatic rings. The number of nitrogens with two attached hydrogens (primary N) is 1. The van der Waals surface area contributed by atoms with E-state index in [0.29, 0.717) is 6.54 Å². The molecule has 0 unspecified atom stereocenters. The van der Waals surface area contributed by atoms with Crippen LogP contribution in [0.2, 0.25) is 0 Å². The largest absolute Gasteiger partial charge is 0.337 e. The Morgan fingerprint density at radius 3 is 2.55 bits per heavy atom. The first kappa shape index (κ1) is 16.7. The molecule has 0 saturated heterocycles. The van der Waals surface area contributed by atoms with Crippen LogP contribution in [0.3, 0.4) is 0 Å². The highest BCUT2D eigenvalue weighted by Crippen LogP contribution is 2.09. The second-order valence-electron chi connectivity index (χ2n) is 5.33. The van der Waals surface area contributed by atoms with Crippen LogP contribution in [0, 0.1) is 0 Å². The number of carbonyl (C=O) groups excluding carboxylic acids is 1. The van der Waals surface area contributed by atoms with Crippen LogP contribution in [0.4, 0.5) is 0 Å². The SMILES string of the molecule is CCCN(CCN(C)C)C(=O)c1cccc(CCN)c1. The van der Waals surface area contributed by atoms with Crippen LogP contribution in [0.5, 0.6) is 0 Å². The lowest BCUT2D eigenvalue weighted by molar-refractivity contribution is 0.0745. The minimum absolute atomic E-state index is 0.118. The van der Waals surface area contributed by atoms with Gasteiger partial charge >= 0.3 is 0 Å². The van der Waals surface area contributed by atoms with E-state index in [0.717, 1.165) is 43.6 Å². The molecule has 0 heterocycles. The lowest BCUT2D eigenvalue weighted by Crippen LogP contribution is -2.37. The molecule has 0 saturated carbocycles. The van der Waals surface area contributed by atoms with Crippen LogP contribution < -0.4 is 5.73 Å². The Hall–Kier alpha value is -1.39. The highest BCUT2D eigenvalue weighted by molar-refractivity contribution is 5.94. The monoisotopic (exact) mass is 277 g/mol. The van der Waals surface area contributed by atoms with Crippen LogP contribution in [0.1, 0.15) is 29.3 Å². The summed E-state index contributed by atoms with van der Waals surface area (Å²) < 4.78 is 0. The molecule has 1 amide bonds. The van der Waals surface area contributed by atoms with Gasteiger partial charge in [0.05, 0.1) is 0 Å². The predicted octanol–water partition coefficient (Wildman–Crippen LogP) is 1.60. The van der Waals surface area contributed by atoms with Gasteiger partial charge in [-0.25, -0.2) is 0 Å². The Kier molecular flexibility index (Phi) is 7.26. The van der Waals surface area contributed by atoms with Gasteiger partial charge in [-0.05, 0) is 51.2 Å². The van der Waals surface area contributed by atoms with E-state index >= 15 is 0 Å². The summed E-state index contributed by atoms with van der Waals surface area (Å²) in [5.41, 5.74) is 7.47. The van der Waals surface area contributed by atoms with Crippen molar-refractivity contribution in [3.63, 3.8) is 0 Å². The van der Waals surface area contributed by atoms with Gasteiger partial charge in [0, 0.05) is 25.2 Å². The van der Waals surface area contributed by atoms with Gasteiger partial charge < -0.3 is 15.5 Å². The van der Waals surface area contributed by atoms with Crippen molar-refractivity contribution in [1.29, 1.82) is 0 Å². The molecule has 0 radical (unpaired) electrons. The summed E-state index contributed by atoms with van der Waals surface area (Å²) in [5.74, 6) is 0.118. The predicted molar refractivity (Wildman–Crippen MR) is 83.9 cm³/mol. The Bertz CT molecular complexity index is 418. The fourth-order valence-corrected chi connectivity index (χ4v) is 2.11. The first-order chi connectivity index (χ1) is 9.58. The summed E-state index contributed by atoms with van der Waals surface area (Å²) >= 11 is 0. The summed E-state index contributed by atoms with van der Waals surface area (Å²) in [6, 6.07) is 7.82. The zero-order valence-electron chi connectivity index (χ0n) is 12.9. The molecule has 0 fully saturated rings. The number of amides is 1. The number of benzene rings is 1. The van der Waals surface area contributed by atoms with Gasteiger partial charge in [-0.1, -0.05) is 19.1 Å². The molecule has 0 bridgehead atoms.